The summed E-state index contributed by atoms with van der Waals surface area (Å²) >= 11 is 6.16. The van der Waals surface area contributed by atoms with Crippen molar-refractivity contribution in [1.29, 1.82) is 0 Å². The number of rotatable bonds is 4. The van der Waals surface area contributed by atoms with E-state index in [9.17, 15) is 13.2 Å². The standard InChI is InChI=1S/C18H23ClN2O4S/c19-15-4-3-14(18(22)20-16-10-12-1-2-13(16)9-12)11-17(15)26(23,24)21-5-7-25-8-6-21/h3-4,11-13,16H,1-2,5-10H2,(H,20,22)/t12-,13-,16+/m0/s1. The lowest BCUT2D eigenvalue weighted by Crippen LogP contribution is -2.41. The predicted octanol–water partition coefficient (Wildman–Crippen LogP) is 2.28. The van der Waals surface area contributed by atoms with Crippen molar-refractivity contribution in [3.8, 4) is 0 Å². The molecule has 3 aliphatic rings. The summed E-state index contributed by atoms with van der Waals surface area (Å²) in [6.07, 6.45) is 4.66. The lowest BCUT2D eigenvalue weighted by molar-refractivity contribution is 0.0730. The van der Waals surface area contributed by atoms with Gasteiger partial charge < -0.3 is 10.1 Å². The fourth-order valence-electron chi connectivity index (χ4n) is 4.44. The number of carbonyl (C=O) groups excluding carboxylic acids is 1. The van der Waals surface area contributed by atoms with Gasteiger partial charge in [-0.25, -0.2) is 8.42 Å². The average molecular weight is 399 g/mol. The molecule has 0 aromatic heterocycles. The highest BCUT2D eigenvalue weighted by Crippen LogP contribution is 2.44. The number of halogens is 1. The molecule has 3 fully saturated rings. The molecule has 1 aromatic rings. The Kier molecular flexibility index (Phi) is 4.98. The van der Waals surface area contributed by atoms with Gasteiger partial charge >= 0.3 is 0 Å². The van der Waals surface area contributed by atoms with Gasteiger partial charge in [0, 0.05) is 24.7 Å². The molecule has 0 unspecified atom stereocenters. The maximum atomic E-state index is 12.9. The topological polar surface area (TPSA) is 75.7 Å². The Hall–Kier alpha value is -1.15. The van der Waals surface area contributed by atoms with Crippen LogP contribution < -0.4 is 5.32 Å². The smallest absolute Gasteiger partial charge is 0.251 e. The third-order valence-electron chi connectivity index (χ3n) is 5.84. The number of morpholine rings is 1. The minimum Gasteiger partial charge on any atom is -0.379 e. The number of hydrogen-bond acceptors (Lipinski definition) is 4. The van der Waals surface area contributed by atoms with Crippen molar-refractivity contribution < 1.29 is 17.9 Å². The van der Waals surface area contributed by atoms with Crippen LogP contribution in [0.25, 0.3) is 0 Å². The molecule has 1 aromatic carbocycles. The van der Waals surface area contributed by atoms with Gasteiger partial charge in [0.2, 0.25) is 10.0 Å². The summed E-state index contributed by atoms with van der Waals surface area (Å²) in [5, 5.41) is 3.23. The molecule has 6 nitrogen and oxygen atoms in total. The number of carbonyl (C=O) groups is 1. The first kappa shape index (κ1) is 18.2. The van der Waals surface area contributed by atoms with Crippen LogP contribution in [0.2, 0.25) is 5.02 Å². The van der Waals surface area contributed by atoms with Gasteiger partial charge in [-0.2, -0.15) is 4.31 Å². The van der Waals surface area contributed by atoms with Gasteiger partial charge in [-0.1, -0.05) is 18.0 Å². The number of sulfonamides is 1. The maximum absolute atomic E-state index is 12.9. The third kappa shape index (κ3) is 3.38. The van der Waals surface area contributed by atoms with Crippen LogP contribution in [0, 0.1) is 11.8 Å². The molecule has 3 atom stereocenters. The molecule has 0 radical (unpaired) electrons. The summed E-state index contributed by atoms with van der Waals surface area (Å²) in [4.78, 5) is 12.6. The van der Waals surface area contributed by atoms with Crippen LogP contribution in [0.5, 0.6) is 0 Å². The van der Waals surface area contributed by atoms with E-state index < -0.39 is 10.0 Å². The normalized spacial score (nSPS) is 29.0. The van der Waals surface area contributed by atoms with Crippen LogP contribution >= 0.6 is 11.6 Å². The summed E-state index contributed by atoms with van der Waals surface area (Å²) in [5.74, 6) is 1.07. The second-order valence-corrected chi connectivity index (χ2v) is 9.73. The zero-order chi connectivity index (χ0) is 18.3. The zero-order valence-corrected chi connectivity index (χ0v) is 16.1. The first-order valence-corrected chi connectivity index (χ1v) is 11.0. The van der Waals surface area contributed by atoms with Gasteiger partial charge in [0.25, 0.3) is 5.91 Å². The van der Waals surface area contributed by atoms with E-state index in [1.54, 1.807) is 6.07 Å². The van der Waals surface area contributed by atoms with E-state index in [0.29, 0.717) is 37.8 Å². The van der Waals surface area contributed by atoms with Crippen LogP contribution in [-0.4, -0.2) is 51.0 Å². The second kappa shape index (κ2) is 7.11. The first-order chi connectivity index (χ1) is 12.4. The molecular formula is C18H23ClN2O4S. The van der Waals surface area contributed by atoms with Crippen LogP contribution in [0.3, 0.4) is 0 Å². The molecule has 1 saturated heterocycles. The molecule has 1 aliphatic heterocycles. The van der Waals surface area contributed by atoms with Crippen molar-refractivity contribution in [1.82, 2.24) is 9.62 Å². The number of fused-ring (bicyclic) bond motifs is 2. The molecule has 2 aliphatic carbocycles. The van der Waals surface area contributed by atoms with E-state index in [1.807, 2.05) is 0 Å². The highest BCUT2D eigenvalue weighted by molar-refractivity contribution is 7.89. The van der Waals surface area contributed by atoms with Crippen LogP contribution in [0.1, 0.15) is 36.0 Å². The number of amides is 1. The Morgan fingerprint density at radius 1 is 1.19 bits per heavy atom. The molecular weight excluding hydrogens is 376 g/mol. The van der Waals surface area contributed by atoms with E-state index in [1.165, 1.54) is 35.7 Å². The fourth-order valence-corrected chi connectivity index (χ4v) is 6.35. The molecule has 142 valence electrons. The SMILES string of the molecule is O=C(N[C@@H]1C[C@H]2CC[C@H]1C2)c1ccc(Cl)c(S(=O)(=O)N2CCOCC2)c1. The maximum Gasteiger partial charge on any atom is 0.251 e. The van der Waals surface area contributed by atoms with Gasteiger partial charge in [-0.05, 0) is 49.3 Å². The number of nitrogens with zero attached hydrogens (tertiary/aromatic N) is 1. The molecule has 8 heteroatoms. The van der Waals surface area contributed by atoms with Crippen molar-refractivity contribution in [2.45, 2.75) is 36.6 Å². The Balaban J connectivity index is 1.54. The first-order valence-electron chi connectivity index (χ1n) is 9.13. The van der Waals surface area contributed by atoms with Gasteiger partial charge in [0.1, 0.15) is 4.90 Å². The average Bonchev–Trinajstić information content (AvgIpc) is 3.25. The number of nitrogens with one attached hydrogen (secondary N) is 1. The lowest BCUT2D eigenvalue weighted by atomic mass is 9.95. The predicted molar refractivity (Wildman–Crippen MR) is 97.7 cm³/mol. The molecule has 2 bridgehead atoms. The van der Waals surface area contributed by atoms with Crippen molar-refractivity contribution >= 4 is 27.5 Å². The van der Waals surface area contributed by atoms with Crippen LogP contribution in [0.15, 0.2) is 23.1 Å². The van der Waals surface area contributed by atoms with Gasteiger partial charge in [-0.15, -0.1) is 0 Å². The molecule has 0 spiro atoms. The summed E-state index contributed by atoms with van der Waals surface area (Å²) in [6, 6.07) is 4.68. The minimum atomic E-state index is -3.74. The lowest BCUT2D eigenvalue weighted by Gasteiger charge is -2.26. The number of benzene rings is 1. The van der Waals surface area contributed by atoms with Gasteiger partial charge in [-0.3, -0.25) is 4.79 Å². The van der Waals surface area contributed by atoms with Crippen molar-refractivity contribution in [2.24, 2.45) is 11.8 Å². The second-order valence-electron chi connectivity index (χ2n) is 7.42. The van der Waals surface area contributed by atoms with Crippen molar-refractivity contribution in [3.63, 3.8) is 0 Å². The summed E-state index contributed by atoms with van der Waals surface area (Å²) in [5.41, 5.74) is 0.337. The van der Waals surface area contributed by atoms with E-state index in [4.69, 9.17) is 16.3 Å². The van der Waals surface area contributed by atoms with Gasteiger partial charge in [0.15, 0.2) is 0 Å². The highest BCUT2D eigenvalue weighted by atomic mass is 35.5. The fraction of sp³-hybridized carbons (Fsp3) is 0.611. The summed E-state index contributed by atoms with van der Waals surface area (Å²) in [7, 11) is -3.74. The van der Waals surface area contributed by atoms with Crippen molar-refractivity contribution in [3.05, 3.63) is 28.8 Å². The highest BCUT2D eigenvalue weighted by Gasteiger charge is 2.40. The third-order valence-corrected chi connectivity index (χ3v) is 8.22. The minimum absolute atomic E-state index is 0.0124. The van der Waals surface area contributed by atoms with Crippen LogP contribution in [-0.2, 0) is 14.8 Å². The molecule has 1 N–H and O–H groups in total. The van der Waals surface area contributed by atoms with Crippen molar-refractivity contribution in [2.75, 3.05) is 26.3 Å². The van der Waals surface area contributed by atoms with E-state index in [-0.39, 0.29) is 21.9 Å². The largest absolute Gasteiger partial charge is 0.379 e. The molecule has 1 heterocycles. The molecule has 4 rings (SSSR count). The molecule has 2 saturated carbocycles. The zero-order valence-electron chi connectivity index (χ0n) is 14.5. The van der Waals surface area contributed by atoms with E-state index >= 15 is 0 Å². The van der Waals surface area contributed by atoms with E-state index in [2.05, 4.69) is 5.32 Å². The summed E-state index contributed by atoms with van der Waals surface area (Å²) in [6.45, 7) is 1.31. The molecule has 26 heavy (non-hydrogen) atoms. The Morgan fingerprint density at radius 2 is 1.96 bits per heavy atom. The Morgan fingerprint density at radius 3 is 2.62 bits per heavy atom. The monoisotopic (exact) mass is 398 g/mol. The Bertz CT molecular complexity index is 807. The summed E-state index contributed by atoms with van der Waals surface area (Å²) < 4.78 is 32.3. The number of ether oxygens (including phenoxy) is 1. The molecule has 1 amide bonds. The number of hydrogen-bond donors (Lipinski definition) is 1. The van der Waals surface area contributed by atoms with Crippen LogP contribution in [0.4, 0.5) is 0 Å². The van der Waals surface area contributed by atoms with E-state index in [0.717, 1.165) is 12.3 Å². The van der Waals surface area contributed by atoms with Gasteiger partial charge in [0.05, 0.1) is 18.2 Å². The Labute approximate surface area is 158 Å². The quantitative estimate of drug-likeness (QED) is 0.844.